The summed E-state index contributed by atoms with van der Waals surface area (Å²) >= 11 is 0. The highest BCUT2D eigenvalue weighted by molar-refractivity contribution is 5.68. The van der Waals surface area contributed by atoms with Gasteiger partial charge in [0.1, 0.15) is 5.60 Å². The number of aliphatic hydroxyl groups excluding tert-OH is 1. The maximum Gasteiger partial charge on any atom is 0.407 e. The summed E-state index contributed by atoms with van der Waals surface area (Å²) in [5.74, 6) is 0. The lowest BCUT2D eigenvalue weighted by Crippen LogP contribution is -2.56. The van der Waals surface area contributed by atoms with Gasteiger partial charge >= 0.3 is 6.09 Å². The van der Waals surface area contributed by atoms with Crippen LogP contribution in [0.4, 0.5) is 4.79 Å². The fourth-order valence-electron chi connectivity index (χ4n) is 4.49. The van der Waals surface area contributed by atoms with E-state index in [4.69, 9.17) is 4.74 Å². The molecule has 2 N–H and O–H groups in total. The zero-order chi connectivity index (χ0) is 16.7. The number of alkyl carbamates (subject to hydrolysis) is 1. The zero-order valence-corrected chi connectivity index (χ0v) is 14.8. The van der Waals surface area contributed by atoms with Crippen LogP contribution in [0.15, 0.2) is 0 Å². The molecule has 5 nitrogen and oxygen atoms in total. The van der Waals surface area contributed by atoms with Gasteiger partial charge in [-0.25, -0.2) is 4.79 Å². The first-order chi connectivity index (χ1) is 10.8. The molecule has 3 aliphatic rings. The van der Waals surface area contributed by atoms with E-state index in [9.17, 15) is 9.90 Å². The van der Waals surface area contributed by atoms with Gasteiger partial charge in [-0.1, -0.05) is 6.42 Å². The molecule has 1 aliphatic heterocycles. The number of aliphatic hydroxyl groups is 1. The summed E-state index contributed by atoms with van der Waals surface area (Å²) in [5, 5.41) is 13.2. The lowest BCUT2D eigenvalue weighted by Gasteiger charge is -2.43. The standard InChI is InChI=1S/C18H32N2O3/c1-17(2,3)23-16(22)19-14-6-5-13(21)11-15(14)20-10-9-18(12-20)7-4-8-18/h13-15,21H,4-12H2,1-3H3,(H,19,22). The Morgan fingerprint density at radius 2 is 2.00 bits per heavy atom. The Labute approximate surface area is 139 Å². The molecule has 5 heteroatoms. The normalized spacial score (nSPS) is 34.2. The van der Waals surface area contributed by atoms with Gasteiger partial charge in [-0.05, 0) is 71.3 Å². The summed E-state index contributed by atoms with van der Waals surface area (Å²) in [5.41, 5.74) is 0.0657. The molecule has 0 aromatic rings. The molecule has 1 spiro atoms. The number of ether oxygens (including phenoxy) is 1. The highest BCUT2D eigenvalue weighted by atomic mass is 16.6. The fourth-order valence-corrected chi connectivity index (χ4v) is 4.49. The molecule has 0 bridgehead atoms. The number of hydrogen-bond acceptors (Lipinski definition) is 4. The molecule has 1 heterocycles. The maximum atomic E-state index is 12.1. The van der Waals surface area contributed by atoms with Crippen LogP contribution >= 0.6 is 0 Å². The van der Waals surface area contributed by atoms with E-state index in [1.54, 1.807) is 0 Å². The van der Waals surface area contributed by atoms with Crippen molar-refractivity contribution >= 4 is 6.09 Å². The van der Waals surface area contributed by atoms with Crippen molar-refractivity contribution in [2.75, 3.05) is 13.1 Å². The molecule has 1 saturated heterocycles. The predicted octanol–water partition coefficient (Wildman–Crippen LogP) is 2.67. The lowest BCUT2D eigenvalue weighted by molar-refractivity contribution is 0.0225. The second kappa shape index (κ2) is 6.25. The number of nitrogens with one attached hydrogen (secondary N) is 1. The molecule has 3 unspecified atom stereocenters. The number of carbonyl (C=O) groups is 1. The highest BCUT2D eigenvalue weighted by Gasteiger charge is 2.46. The Balaban J connectivity index is 1.62. The molecule has 2 saturated carbocycles. The highest BCUT2D eigenvalue weighted by Crippen LogP contribution is 2.49. The van der Waals surface area contributed by atoms with Crippen molar-refractivity contribution in [3.8, 4) is 0 Å². The van der Waals surface area contributed by atoms with E-state index in [-0.39, 0.29) is 24.3 Å². The Bertz CT molecular complexity index is 442. The van der Waals surface area contributed by atoms with Crippen LogP contribution in [0.2, 0.25) is 0 Å². The predicted molar refractivity (Wildman–Crippen MR) is 89.3 cm³/mol. The van der Waals surface area contributed by atoms with Crippen molar-refractivity contribution in [3.05, 3.63) is 0 Å². The molecule has 3 atom stereocenters. The van der Waals surface area contributed by atoms with Crippen LogP contribution in [0.3, 0.4) is 0 Å². The zero-order valence-electron chi connectivity index (χ0n) is 14.8. The molecular formula is C18H32N2O3. The Hall–Kier alpha value is -0.810. The van der Waals surface area contributed by atoms with Crippen LogP contribution in [0, 0.1) is 5.41 Å². The number of rotatable bonds is 2. The average Bonchev–Trinajstić information content (AvgIpc) is 2.84. The van der Waals surface area contributed by atoms with E-state index in [1.165, 1.54) is 25.7 Å². The van der Waals surface area contributed by atoms with Gasteiger partial charge in [-0.3, -0.25) is 4.90 Å². The van der Waals surface area contributed by atoms with E-state index in [1.807, 2.05) is 20.8 Å². The molecule has 0 aromatic heterocycles. The topological polar surface area (TPSA) is 61.8 Å². The quantitative estimate of drug-likeness (QED) is 0.820. The van der Waals surface area contributed by atoms with Crippen molar-refractivity contribution in [2.24, 2.45) is 5.41 Å². The Kier molecular flexibility index (Phi) is 4.62. The number of likely N-dealkylation sites (tertiary alicyclic amines) is 1. The maximum absolute atomic E-state index is 12.1. The van der Waals surface area contributed by atoms with Gasteiger partial charge in [-0.2, -0.15) is 0 Å². The van der Waals surface area contributed by atoms with Crippen molar-refractivity contribution in [3.63, 3.8) is 0 Å². The van der Waals surface area contributed by atoms with Gasteiger partial charge in [-0.15, -0.1) is 0 Å². The second-order valence-electron chi connectivity index (χ2n) is 8.86. The van der Waals surface area contributed by atoms with Crippen LogP contribution in [0.1, 0.15) is 65.7 Å². The smallest absolute Gasteiger partial charge is 0.407 e. The number of amides is 1. The summed E-state index contributed by atoms with van der Waals surface area (Å²) in [4.78, 5) is 14.7. The summed E-state index contributed by atoms with van der Waals surface area (Å²) in [6, 6.07) is 0.328. The van der Waals surface area contributed by atoms with Gasteiger partial charge < -0.3 is 15.2 Å². The van der Waals surface area contributed by atoms with E-state index < -0.39 is 5.60 Å². The molecule has 0 aromatic carbocycles. The van der Waals surface area contributed by atoms with E-state index in [2.05, 4.69) is 10.2 Å². The summed E-state index contributed by atoms with van der Waals surface area (Å²) in [6.45, 7) is 7.89. The number of nitrogens with zero attached hydrogens (tertiary/aromatic N) is 1. The molecule has 2 aliphatic carbocycles. The van der Waals surface area contributed by atoms with Crippen molar-refractivity contribution in [2.45, 2.75) is 89.5 Å². The number of carbonyl (C=O) groups excluding carboxylic acids is 1. The SMILES string of the molecule is CC(C)(C)OC(=O)NC1CCC(O)CC1N1CCC2(CCC2)C1. The largest absolute Gasteiger partial charge is 0.444 e. The minimum atomic E-state index is -0.475. The van der Waals surface area contributed by atoms with Crippen LogP contribution < -0.4 is 5.32 Å². The van der Waals surface area contributed by atoms with E-state index >= 15 is 0 Å². The Morgan fingerprint density at radius 1 is 1.26 bits per heavy atom. The summed E-state index contributed by atoms with van der Waals surface area (Å²) in [6.07, 6.45) is 7.11. The van der Waals surface area contributed by atoms with Crippen LogP contribution in [-0.4, -0.2) is 53.0 Å². The lowest BCUT2D eigenvalue weighted by atomic mass is 9.68. The van der Waals surface area contributed by atoms with Gasteiger partial charge in [0.2, 0.25) is 0 Å². The molecular weight excluding hydrogens is 292 g/mol. The van der Waals surface area contributed by atoms with Gasteiger partial charge in [0.15, 0.2) is 0 Å². The third kappa shape index (κ3) is 4.00. The number of hydrogen-bond donors (Lipinski definition) is 2. The van der Waals surface area contributed by atoms with Gasteiger partial charge in [0.05, 0.1) is 6.10 Å². The molecule has 3 fully saturated rings. The van der Waals surface area contributed by atoms with Gasteiger partial charge in [0, 0.05) is 18.6 Å². The van der Waals surface area contributed by atoms with Gasteiger partial charge in [0.25, 0.3) is 0 Å². The second-order valence-corrected chi connectivity index (χ2v) is 8.86. The molecule has 3 rings (SSSR count). The minimum Gasteiger partial charge on any atom is -0.444 e. The molecule has 132 valence electrons. The summed E-state index contributed by atoms with van der Waals surface area (Å²) < 4.78 is 5.42. The first-order valence-corrected chi connectivity index (χ1v) is 9.18. The van der Waals surface area contributed by atoms with Crippen LogP contribution in [0.5, 0.6) is 0 Å². The van der Waals surface area contributed by atoms with Crippen molar-refractivity contribution < 1.29 is 14.6 Å². The molecule has 0 radical (unpaired) electrons. The molecule has 23 heavy (non-hydrogen) atoms. The van der Waals surface area contributed by atoms with Crippen LogP contribution in [-0.2, 0) is 4.74 Å². The van der Waals surface area contributed by atoms with E-state index in [0.29, 0.717) is 5.41 Å². The average molecular weight is 324 g/mol. The monoisotopic (exact) mass is 324 g/mol. The van der Waals surface area contributed by atoms with Crippen LogP contribution in [0.25, 0.3) is 0 Å². The van der Waals surface area contributed by atoms with Crippen molar-refractivity contribution in [1.29, 1.82) is 0 Å². The third-order valence-electron chi connectivity index (χ3n) is 5.84. The van der Waals surface area contributed by atoms with E-state index in [0.717, 1.165) is 32.4 Å². The fraction of sp³-hybridized carbons (Fsp3) is 0.944. The minimum absolute atomic E-state index is 0.0866. The Morgan fingerprint density at radius 3 is 2.57 bits per heavy atom. The summed E-state index contributed by atoms with van der Waals surface area (Å²) in [7, 11) is 0. The first kappa shape index (κ1) is 17.0. The van der Waals surface area contributed by atoms with Crippen molar-refractivity contribution in [1.82, 2.24) is 10.2 Å². The molecule has 1 amide bonds. The third-order valence-corrected chi connectivity index (χ3v) is 5.84. The first-order valence-electron chi connectivity index (χ1n) is 9.18.